The molecule has 0 radical (unpaired) electrons. The first-order valence-corrected chi connectivity index (χ1v) is 6.39. The van der Waals surface area contributed by atoms with Crippen molar-refractivity contribution in [2.75, 3.05) is 0 Å². The van der Waals surface area contributed by atoms with E-state index in [1.54, 1.807) is 37.5 Å². The molecule has 1 aromatic carbocycles. The lowest BCUT2D eigenvalue weighted by Gasteiger charge is -2.01. The molecule has 18 heavy (non-hydrogen) atoms. The van der Waals surface area contributed by atoms with Crippen LogP contribution in [-0.4, -0.2) is 11.6 Å². The maximum atomic E-state index is 11.8. The highest BCUT2D eigenvalue weighted by atomic mass is 127. The van der Waals surface area contributed by atoms with Crippen molar-refractivity contribution in [3.63, 3.8) is 0 Å². The summed E-state index contributed by atoms with van der Waals surface area (Å²) < 4.78 is 6.18. The Labute approximate surface area is 118 Å². The fourth-order valence-corrected chi connectivity index (χ4v) is 1.91. The number of benzene rings is 1. The van der Waals surface area contributed by atoms with Gasteiger partial charge in [-0.05, 0) is 59.8 Å². The fourth-order valence-electron chi connectivity index (χ4n) is 1.37. The van der Waals surface area contributed by atoms with Crippen molar-refractivity contribution in [2.45, 2.75) is 6.92 Å². The van der Waals surface area contributed by atoms with Gasteiger partial charge in [-0.2, -0.15) is 5.10 Å². The van der Waals surface area contributed by atoms with Crippen molar-refractivity contribution in [3.05, 3.63) is 57.6 Å². The van der Waals surface area contributed by atoms with Gasteiger partial charge in [0.05, 0.1) is 6.26 Å². The smallest absolute Gasteiger partial charge is 0.271 e. The number of nitrogens with one attached hydrogen (secondary N) is 1. The molecule has 0 spiro atoms. The number of carbonyl (C=O) groups excluding carboxylic acids is 1. The first-order valence-electron chi connectivity index (χ1n) is 5.31. The van der Waals surface area contributed by atoms with Gasteiger partial charge in [-0.25, -0.2) is 5.43 Å². The van der Waals surface area contributed by atoms with Crippen molar-refractivity contribution >= 4 is 34.2 Å². The van der Waals surface area contributed by atoms with Gasteiger partial charge in [0.15, 0.2) is 0 Å². The summed E-state index contributed by atoms with van der Waals surface area (Å²) in [6, 6.07) is 10.9. The Hall–Kier alpha value is -1.63. The molecule has 0 fully saturated rings. The zero-order valence-corrected chi connectivity index (χ0v) is 11.8. The molecule has 1 aromatic heterocycles. The van der Waals surface area contributed by atoms with Crippen LogP contribution in [-0.2, 0) is 0 Å². The summed E-state index contributed by atoms with van der Waals surface area (Å²) in [5.74, 6) is 0.400. The SMILES string of the molecule is C/C(=N/NC(=O)c1cccc(I)c1)c1ccco1. The average molecular weight is 354 g/mol. The highest BCUT2D eigenvalue weighted by Gasteiger charge is 2.05. The number of hydrazone groups is 1. The Morgan fingerprint density at radius 3 is 2.83 bits per heavy atom. The lowest BCUT2D eigenvalue weighted by atomic mass is 10.2. The standard InChI is InChI=1S/C13H11IN2O2/c1-9(12-6-3-7-18-12)15-16-13(17)10-4-2-5-11(14)8-10/h2-8H,1H3,(H,16,17)/b15-9-. The summed E-state index contributed by atoms with van der Waals surface area (Å²) in [7, 11) is 0. The Balaban J connectivity index is 2.07. The molecule has 0 saturated heterocycles. The molecule has 4 nitrogen and oxygen atoms in total. The van der Waals surface area contributed by atoms with Crippen LogP contribution in [0.3, 0.4) is 0 Å². The highest BCUT2D eigenvalue weighted by molar-refractivity contribution is 14.1. The second-order valence-corrected chi connectivity index (χ2v) is 4.87. The van der Waals surface area contributed by atoms with Gasteiger partial charge in [-0.1, -0.05) is 6.07 Å². The molecule has 0 unspecified atom stereocenters. The summed E-state index contributed by atoms with van der Waals surface area (Å²) in [4.78, 5) is 11.8. The largest absolute Gasteiger partial charge is 0.463 e. The normalized spacial score (nSPS) is 11.3. The number of rotatable bonds is 3. The lowest BCUT2D eigenvalue weighted by Crippen LogP contribution is -2.19. The van der Waals surface area contributed by atoms with E-state index in [0.29, 0.717) is 17.0 Å². The number of furan rings is 1. The van der Waals surface area contributed by atoms with Gasteiger partial charge in [0, 0.05) is 9.13 Å². The van der Waals surface area contributed by atoms with E-state index in [1.807, 2.05) is 12.1 Å². The summed E-state index contributed by atoms with van der Waals surface area (Å²) in [6.45, 7) is 1.77. The molecule has 0 saturated carbocycles. The van der Waals surface area contributed by atoms with Crippen LogP contribution in [0.25, 0.3) is 0 Å². The molecule has 0 atom stereocenters. The van der Waals surface area contributed by atoms with Crippen molar-refractivity contribution in [1.82, 2.24) is 5.43 Å². The maximum absolute atomic E-state index is 11.8. The Morgan fingerprint density at radius 1 is 1.33 bits per heavy atom. The number of hydrogen-bond acceptors (Lipinski definition) is 3. The van der Waals surface area contributed by atoms with Crippen LogP contribution in [0.5, 0.6) is 0 Å². The molecular weight excluding hydrogens is 343 g/mol. The summed E-state index contributed by atoms with van der Waals surface area (Å²) in [5.41, 5.74) is 3.71. The van der Waals surface area contributed by atoms with Crippen LogP contribution in [0.1, 0.15) is 23.0 Å². The molecule has 1 heterocycles. The molecule has 0 aliphatic carbocycles. The Morgan fingerprint density at radius 2 is 2.17 bits per heavy atom. The quantitative estimate of drug-likeness (QED) is 0.523. The highest BCUT2D eigenvalue weighted by Crippen LogP contribution is 2.07. The van der Waals surface area contributed by atoms with Crippen LogP contribution in [0.4, 0.5) is 0 Å². The van der Waals surface area contributed by atoms with Crippen molar-refractivity contribution < 1.29 is 9.21 Å². The van der Waals surface area contributed by atoms with E-state index in [4.69, 9.17) is 4.42 Å². The predicted molar refractivity (Wildman–Crippen MR) is 77.5 cm³/mol. The average Bonchev–Trinajstić information content (AvgIpc) is 2.89. The number of halogens is 1. The maximum Gasteiger partial charge on any atom is 0.271 e. The van der Waals surface area contributed by atoms with Gasteiger partial charge in [0.1, 0.15) is 11.5 Å². The predicted octanol–water partition coefficient (Wildman–Crippen LogP) is 3.04. The van der Waals surface area contributed by atoms with E-state index in [0.717, 1.165) is 3.57 Å². The monoisotopic (exact) mass is 354 g/mol. The van der Waals surface area contributed by atoms with Crippen molar-refractivity contribution in [3.8, 4) is 0 Å². The third kappa shape index (κ3) is 3.19. The van der Waals surface area contributed by atoms with Gasteiger partial charge in [0.2, 0.25) is 0 Å². The molecular formula is C13H11IN2O2. The van der Waals surface area contributed by atoms with Gasteiger partial charge in [-0.3, -0.25) is 4.79 Å². The first-order chi connectivity index (χ1) is 8.66. The van der Waals surface area contributed by atoms with Gasteiger partial charge in [-0.15, -0.1) is 0 Å². The second kappa shape index (κ2) is 5.81. The zero-order chi connectivity index (χ0) is 13.0. The number of hydrogen-bond donors (Lipinski definition) is 1. The molecule has 0 bridgehead atoms. The van der Waals surface area contributed by atoms with Crippen molar-refractivity contribution in [2.24, 2.45) is 5.10 Å². The molecule has 92 valence electrons. The summed E-state index contributed by atoms with van der Waals surface area (Å²) >= 11 is 2.16. The zero-order valence-electron chi connectivity index (χ0n) is 9.68. The fraction of sp³-hybridized carbons (Fsp3) is 0.0769. The summed E-state index contributed by atoms with van der Waals surface area (Å²) in [5, 5.41) is 3.99. The topological polar surface area (TPSA) is 54.6 Å². The van der Waals surface area contributed by atoms with E-state index in [-0.39, 0.29) is 5.91 Å². The second-order valence-electron chi connectivity index (χ2n) is 3.63. The van der Waals surface area contributed by atoms with Gasteiger partial charge >= 0.3 is 0 Å². The molecule has 1 amide bonds. The van der Waals surface area contributed by atoms with Crippen LogP contribution < -0.4 is 5.43 Å². The van der Waals surface area contributed by atoms with Crippen LogP contribution >= 0.6 is 22.6 Å². The van der Waals surface area contributed by atoms with Gasteiger partial charge in [0.25, 0.3) is 5.91 Å². The van der Waals surface area contributed by atoms with Crippen LogP contribution in [0.2, 0.25) is 0 Å². The Kier molecular flexibility index (Phi) is 4.14. The van der Waals surface area contributed by atoms with Gasteiger partial charge < -0.3 is 4.42 Å². The minimum atomic E-state index is -0.237. The third-order valence-corrected chi connectivity index (χ3v) is 2.96. The summed E-state index contributed by atoms with van der Waals surface area (Å²) in [6.07, 6.45) is 1.57. The number of nitrogens with zero attached hydrogens (tertiary/aromatic N) is 1. The molecule has 0 aliphatic heterocycles. The lowest BCUT2D eigenvalue weighted by molar-refractivity contribution is 0.0954. The van der Waals surface area contributed by atoms with E-state index in [9.17, 15) is 4.79 Å². The van der Waals surface area contributed by atoms with E-state index >= 15 is 0 Å². The first kappa shape index (κ1) is 12.8. The minimum absolute atomic E-state index is 0.237. The molecule has 0 aliphatic rings. The third-order valence-electron chi connectivity index (χ3n) is 2.29. The molecule has 2 rings (SSSR count). The van der Waals surface area contributed by atoms with Crippen molar-refractivity contribution in [1.29, 1.82) is 0 Å². The molecule has 2 aromatic rings. The number of amides is 1. The molecule has 1 N–H and O–H groups in total. The van der Waals surface area contributed by atoms with Crippen LogP contribution in [0.15, 0.2) is 52.2 Å². The number of carbonyl (C=O) groups is 1. The van der Waals surface area contributed by atoms with E-state index in [1.165, 1.54) is 0 Å². The molecule has 5 heteroatoms. The van der Waals surface area contributed by atoms with E-state index in [2.05, 4.69) is 33.1 Å². The van der Waals surface area contributed by atoms with E-state index < -0.39 is 0 Å². The minimum Gasteiger partial charge on any atom is -0.463 e. The van der Waals surface area contributed by atoms with Crippen LogP contribution in [0, 0.1) is 3.57 Å². The Bertz CT molecular complexity index is 576.